The highest BCUT2D eigenvalue weighted by molar-refractivity contribution is 7.92. The van der Waals surface area contributed by atoms with Crippen LogP contribution in [-0.2, 0) is 16.6 Å². The Labute approximate surface area is 184 Å². The first-order valence-electron chi connectivity index (χ1n) is 10.1. The molecule has 0 aliphatic rings. The van der Waals surface area contributed by atoms with Crippen LogP contribution in [0.5, 0.6) is 0 Å². The Morgan fingerprint density at radius 1 is 0.935 bits per heavy atom. The maximum atomic E-state index is 12.7. The summed E-state index contributed by atoms with van der Waals surface area (Å²) in [5.41, 5.74) is 5.15. The number of benzene rings is 3. The Balaban J connectivity index is 1.77. The van der Waals surface area contributed by atoms with Crippen molar-refractivity contribution in [1.29, 1.82) is 0 Å². The molecule has 1 atom stereocenters. The Morgan fingerprint density at radius 3 is 2.13 bits per heavy atom. The van der Waals surface area contributed by atoms with E-state index in [1.54, 1.807) is 24.3 Å². The van der Waals surface area contributed by atoms with Gasteiger partial charge >= 0.3 is 0 Å². The number of carbonyl (C=O) groups is 1. The minimum absolute atomic E-state index is 0.138. The Bertz CT molecular complexity index is 1150. The molecule has 0 saturated heterocycles. The highest BCUT2D eigenvalue weighted by atomic mass is 32.2. The van der Waals surface area contributed by atoms with E-state index in [1.165, 1.54) is 16.1 Å². The van der Waals surface area contributed by atoms with Crippen LogP contribution in [-0.4, -0.2) is 20.6 Å². The molecule has 0 radical (unpaired) electrons. The first-order chi connectivity index (χ1) is 14.6. The molecule has 0 aliphatic carbocycles. The highest BCUT2D eigenvalue weighted by Crippen LogP contribution is 2.23. The first-order valence-corrected chi connectivity index (χ1v) is 12.0. The third-order valence-electron chi connectivity index (χ3n) is 5.32. The zero-order valence-electron chi connectivity index (χ0n) is 18.3. The van der Waals surface area contributed by atoms with Gasteiger partial charge in [-0.15, -0.1) is 0 Å². The number of anilines is 1. The lowest BCUT2D eigenvalue weighted by Gasteiger charge is -2.23. The van der Waals surface area contributed by atoms with Crippen LogP contribution in [0.25, 0.3) is 0 Å². The van der Waals surface area contributed by atoms with Crippen LogP contribution in [0.1, 0.15) is 45.6 Å². The smallest absolute Gasteiger partial charge is 0.251 e. The van der Waals surface area contributed by atoms with Crippen LogP contribution in [0.4, 0.5) is 5.69 Å². The van der Waals surface area contributed by atoms with Crippen LogP contribution in [0, 0.1) is 13.8 Å². The second-order valence-electron chi connectivity index (χ2n) is 7.85. The average molecular weight is 437 g/mol. The summed E-state index contributed by atoms with van der Waals surface area (Å²) < 4.78 is 26.2. The molecular formula is C25H28N2O3S. The first kappa shape index (κ1) is 22.6. The molecule has 3 aromatic carbocycles. The summed E-state index contributed by atoms with van der Waals surface area (Å²) in [5, 5.41) is 2.99. The fraction of sp³-hybridized carbons (Fsp3) is 0.240. The quantitative estimate of drug-likeness (QED) is 0.581. The molecule has 0 spiro atoms. The van der Waals surface area contributed by atoms with Crippen molar-refractivity contribution in [2.45, 2.75) is 33.4 Å². The summed E-state index contributed by atoms with van der Waals surface area (Å²) in [4.78, 5) is 12.7. The van der Waals surface area contributed by atoms with Crippen molar-refractivity contribution in [2.75, 3.05) is 10.6 Å². The number of hydrogen-bond acceptors (Lipinski definition) is 3. The molecule has 31 heavy (non-hydrogen) atoms. The molecule has 0 aliphatic heterocycles. The highest BCUT2D eigenvalue weighted by Gasteiger charge is 2.19. The Hall–Kier alpha value is -3.12. The number of nitrogens with one attached hydrogen (secondary N) is 1. The van der Waals surface area contributed by atoms with Crippen LogP contribution < -0.4 is 9.62 Å². The van der Waals surface area contributed by atoms with Crippen molar-refractivity contribution in [3.8, 4) is 0 Å². The van der Waals surface area contributed by atoms with E-state index in [9.17, 15) is 13.2 Å². The van der Waals surface area contributed by atoms with Crippen molar-refractivity contribution < 1.29 is 13.2 Å². The maximum Gasteiger partial charge on any atom is 0.251 e. The molecule has 1 amide bonds. The molecule has 3 aromatic rings. The van der Waals surface area contributed by atoms with E-state index in [4.69, 9.17) is 0 Å². The van der Waals surface area contributed by atoms with Crippen molar-refractivity contribution in [3.63, 3.8) is 0 Å². The second-order valence-corrected chi connectivity index (χ2v) is 9.76. The topological polar surface area (TPSA) is 66.5 Å². The van der Waals surface area contributed by atoms with Gasteiger partial charge in [0.1, 0.15) is 0 Å². The van der Waals surface area contributed by atoms with Gasteiger partial charge in [0.15, 0.2) is 0 Å². The summed E-state index contributed by atoms with van der Waals surface area (Å²) in [7, 11) is -3.49. The molecule has 0 fully saturated rings. The molecule has 5 nitrogen and oxygen atoms in total. The molecule has 0 heterocycles. The number of rotatable bonds is 7. The molecule has 0 unspecified atom stereocenters. The summed E-state index contributed by atoms with van der Waals surface area (Å²) in [6.45, 7) is 6.15. The minimum atomic E-state index is -3.49. The van der Waals surface area contributed by atoms with Crippen LogP contribution in [0.15, 0.2) is 72.8 Å². The van der Waals surface area contributed by atoms with E-state index < -0.39 is 10.0 Å². The molecule has 1 N–H and O–H groups in total. The molecular weight excluding hydrogens is 408 g/mol. The largest absolute Gasteiger partial charge is 0.346 e. The van der Waals surface area contributed by atoms with E-state index in [0.29, 0.717) is 11.3 Å². The number of amides is 1. The third kappa shape index (κ3) is 5.73. The lowest BCUT2D eigenvalue weighted by atomic mass is 10.1. The molecule has 162 valence electrons. The number of aryl methyl sites for hydroxylation is 2. The second kappa shape index (κ2) is 9.35. The fourth-order valence-electron chi connectivity index (χ4n) is 3.34. The predicted molar refractivity (Wildman–Crippen MR) is 126 cm³/mol. The van der Waals surface area contributed by atoms with E-state index in [0.717, 1.165) is 16.7 Å². The lowest BCUT2D eigenvalue weighted by Crippen LogP contribution is -2.30. The Kier molecular flexibility index (Phi) is 6.81. The normalized spacial score (nSPS) is 12.3. The standard InChI is InChI=1S/C25H28N2O3S/c1-18-9-11-21(12-10-18)20(3)26-25(28)22-13-15-24(16-14-22)27(31(4,29)30)17-23-8-6-5-7-19(23)2/h5-16,20H,17H2,1-4H3,(H,26,28)/t20-/m1/s1. The van der Waals surface area contributed by atoms with Gasteiger partial charge in [-0.25, -0.2) is 8.42 Å². The summed E-state index contributed by atoms with van der Waals surface area (Å²) in [6.07, 6.45) is 1.19. The third-order valence-corrected chi connectivity index (χ3v) is 6.46. The zero-order valence-corrected chi connectivity index (χ0v) is 19.1. The molecule has 6 heteroatoms. The van der Waals surface area contributed by atoms with Gasteiger partial charge in [0.05, 0.1) is 24.5 Å². The molecule has 0 aromatic heterocycles. The average Bonchev–Trinajstić information content (AvgIpc) is 2.73. The molecule has 0 bridgehead atoms. The van der Waals surface area contributed by atoms with E-state index in [-0.39, 0.29) is 18.5 Å². The van der Waals surface area contributed by atoms with Gasteiger partial charge in [0, 0.05) is 5.56 Å². The van der Waals surface area contributed by atoms with Crippen LogP contribution in [0.2, 0.25) is 0 Å². The predicted octanol–water partition coefficient (Wildman–Crippen LogP) is 4.76. The maximum absolute atomic E-state index is 12.7. The van der Waals surface area contributed by atoms with Gasteiger partial charge in [-0.05, 0) is 61.7 Å². The zero-order chi connectivity index (χ0) is 22.6. The van der Waals surface area contributed by atoms with E-state index >= 15 is 0 Å². The van der Waals surface area contributed by atoms with Crippen LogP contribution in [0.3, 0.4) is 0 Å². The number of hydrogen-bond donors (Lipinski definition) is 1. The minimum Gasteiger partial charge on any atom is -0.346 e. The van der Waals surface area contributed by atoms with Gasteiger partial charge in [-0.1, -0.05) is 54.1 Å². The van der Waals surface area contributed by atoms with Crippen molar-refractivity contribution >= 4 is 21.6 Å². The number of sulfonamides is 1. The molecule has 0 saturated carbocycles. The monoisotopic (exact) mass is 436 g/mol. The van der Waals surface area contributed by atoms with E-state index in [2.05, 4.69) is 5.32 Å². The van der Waals surface area contributed by atoms with Crippen molar-refractivity contribution in [3.05, 3.63) is 101 Å². The SMILES string of the molecule is Cc1ccc([C@@H](C)NC(=O)c2ccc(N(Cc3ccccc3C)S(C)(=O)=O)cc2)cc1. The van der Waals surface area contributed by atoms with Gasteiger partial charge in [0.2, 0.25) is 10.0 Å². The summed E-state index contributed by atoms with van der Waals surface area (Å²) in [5.74, 6) is -0.204. The lowest BCUT2D eigenvalue weighted by molar-refractivity contribution is 0.0940. The van der Waals surface area contributed by atoms with Gasteiger partial charge in [0.25, 0.3) is 5.91 Å². The number of carbonyl (C=O) groups excluding carboxylic acids is 1. The molecule has 3 rings (SSSR count). The van der Waals surface area contributed by atoms with Crippen LogP contribution >= 0.6 is 0 Å². The van der Waals surface area contributed by atoms with Crippen molar-refractivity contribution in [2.24, 2.45) is 0 Å². The van der Waals surface area contributed by atoms with Gasteiger partial charge in [-0.2, -0.15) is 0 Å². The Morgan fingerprint density at radius 2 is 1.55 bits per heavy atom. The van der Waals surface area contributed by atoms with Gasteiger partial charge in [-0.3, -0.25) is 9.10 Å². The summed E-state index contributed by atoms with van der Waals surface area (Å²) >= 11 is 0. The van der Waals surface area contributed by atoms with Gasteiger partial charge < -0.3 is 5.32 Å². The summed E-state index contributed by atoms with van der Waals surface area (Å²) in [6, 6.07) is 22.2. The van der Waals surface area contributed by atoms with Crippen molar-refractivity contribution in [1.82, 2.24) is 5.32 Å². The number of nitrogens with zero attached hydrogens (tertiary/aromatic N) is 1. The fourth-order valence-corrected chi connectivity index (χ4v) is 4.22. The van der Waals surface area contributed by atoms with E-state index in [1.807, 2.05) is 69.3 Å².